The molecule has 3 N–H and O–H groups in total. The van der Waals surface area contributed by atoms with Crippen LogP contribution in [0.5, 0.6) is 0 Å². The Kier molecular flexibility index (Phi) is 7.67. The van der Waals surface area contributed by atoms with E-state index >= 15 is 0 Å². The molecule has 1 aliphatic rings. The van der Waals surface area contributed by atoms with Gasteiger partial charge in [-0.15, -0.1) is 24.0 Å². The number of fused-ring (bicyclic) bond motifs is 1. The summed E-state index contributed by atoms with van der Waals surface area (Å²) in [6, 6.07) is 16.2. The summed E-state index contributed by atoms with van der Waals surface area (Å²) in [4.78, 5) is 25.9. The number of aromatic amines is 1. The highest BCUT2D eigenvalue weighted by Crippen LogP contribution is 2.21. The Morgan fingerprint density at radius 3 is 2.67 bits per heavy atom. The van der Waals surface area contributed by atoms with E-state index in [9.17, 15) is 4.79 Å². The van der Waals surface area contributed by atoms with E-state index in [1.807, 2.05) is 41.3 Å². The Hall–Kier alpha value is -2.62. The summed E-state index contributed by atoms with van der Waals surface area (Å²) >= 11 is 0. The molecule has 0 aliphatic carbocycles. The standard InChI is InChI=1S/C22H26N6O.HI/c1-23-22(24-13-12-20-26-18-5-2-3-6-19(18)27-20)25-15-16-8-10-17(11-9-16)28-14-4-7-21(28)29;/h2-3,5-6,8-11H,4,7,12-15H2,1H3,(H,26,27)(H2,23,24,25);1H. The first-order valence-corrected chi connectivity index (χ1v) is 10.0. The van der Waals surface area contributed by atoms with Gasteiger partial charge >= 0.3 is 0 Å². The van der Waals surface area contributed by atoms with E-state index in [0.717, 1.165) is 60.0 Å². The number of nitrogens with one attached hydrogen (secondary N) is 3. The van der Waals surface area contributed by atoms with E-state index in [1.54, 1.807) is 7.05 Å². The van der Waals surface area contributed by atoms with Crippen LogP contribution in [0.3, 0.4) is 0 Å². The van der Waals surface area contributed by atoms with Crippen LogP contribution in [0, 0.1) is 0 Å². The van der Waals surface area contributed by atoms with E-state index in [1.165, 1.54) is 0 Å². The van der Waals surface area contributed by atoms with Crippen molar-refractivity contribution < 1.29 is 4.79 Å². The molecule has 0 saturated carbocycles. The number of para-hydroxylation sites is 2. The highest BCUT2D eigenvalue weighted by atomic mass is 127. The summed E-state index contributed by atoms with van der Waals surface area (Å²) in [5.74, 6) is 1.92. The minimum atomic E-state index is 0. The summed E-state index contributed by atoms with van der Waals surface area (Å²) < 4.78 is 0. The molecule has 158 valence electrons. The maximum absolute atomic E-state index is 11.9. The van der Waals surface area contributed by atoms with Crippen molar-refractivity contribution in [3.05, 3.63) is 59.9 Å². The van der Waals surface area contributed by atoms with Crippen LogP contribution in [0.25, 0.3) is 11.0 Å². The fourth-order valence-corrected chi connectivity index (χ4v) is 3.54. The van der Waals surface area contributed by atoms with Gasteiger partial charge in [0.1, 0.15) is 5.82 Å². The van der Waals surface area contributed by atoms with Gasteiger partial charge in [0.2, 0.25) is 5.91 Å². The van der Waals surface area contributed by atoms with Crippen molar-refractivity contribution >= 4 is 52.6 Å². The van der Waals surface area contributed by atoms with Crippen LogP contribution in [-0.4, -0.2) is 42.0 Å². The summed E-state index contributed by atoms with van der Waals surface area (Å²) in [7, 11) is 1.76. The SMILES string of the molecule is CN=C(NCCc1nc2ccccc2[nH]1)NCc1ccc(N2CCCC2=O)cc1.I. The number of amides is 1. The first-order chi connectivity index (χ1) is 14.2. The maximum atomic E-state index is 11.9. The number of anilines is 1. The molecule has 1 aromatic heterocycles. The third-order valence-corrected chi connectivity index (χ3v) is 5.10. The molecule has 30 heavy (non-hydrogen) atoms. The number of imidazole rings is 1. The van der Waals surface area contributed by atoms with Gasteiger partial charge in [-0.2, -0.15) is 0 Å². The first-order valence-electron chi connectivity index (χ1n) is 10.0. The van der Waals surface area contributed by atoms with Gasteiger partial charge < -0.3 is 20.5 Å². The van der Waals surface area contributed by atoms with Crippen LogP contribution in [0.1, 0.15) is 24.2 Å². The number of H-pyrrole nitrogens is 1. The van der Waals surface area contributed by atoms with Crippen LogP contribution in [0.15, 0.2) is 53.5 Å². The van der Waals surface area contributed by atoms with Crippen LogP contribution in [-0.2, 0) is 17.8 Å². The zero-order valence-electron chi connectivity index (χ0n) is 17.0. The van der Waals surface area contributed by atoms with Gasteiger partial charge in [0, 0.05) is 45.2 Å². The molecule has 4 rings (SSSR count). The zero-order valence-corrected chi connectivity index (χ0v) is 19.3. The topological polar surface area (TPSA) is 85.4 Å². The van der Waals surface area contributed by atoms with E-state index in [0.29, 0.717) is 13.0 Å². The van der Waals surface area contributed by atoms with Crippen molar-refractivity contribution in [2.45, 2.75) is 25.8 Å². The summed E-state index contributed by atoms with van der Waals surface area (Å²) in [6.45, 7) is 2.21. The van der Waals surface area contributed by atoms with E-state index in [2.05, 4.69) is 37.7 Å². The third kappa shape index (κ3) is 5.29. The monoisotopic (exact) mass is 518 g/mol. The van der Waals surface area contributed by atoms with Crippen molar-refractivity contribution in [1.29, 1.82) is 0 Å². The van der Waals surface area contributed by atoms with E-state index in [-0.39, 0.29) is 29.9 Å². The van der Waals surface area contributed by atoms with Gasteiger partial charge in [0.25, 0.3) is 0 Å². The molecular formula is C22H27IN6O. The average Bonchev–Trinajstić information content (AvgIpc) is 3.36. The average molecular weight is 518 g/mol. The second-order valence-corrected chi connectivity index (χ2v) is 7.12. The third-order valence-electron chi connectivity index (χ3n) is 5.10. The van der Waals surface area contributed by atoms with E-state index in [4.69, 9.17) is 0 Å². The van der Waals surface area contributed by atoms with Crippen molar-refractivity contribution in [2.75, 3.05) is 25.0 Å². The molecular weight excluding hydrogens is 491 g/mol. The normalized spacial score (nSPS) is 14.1. The molecule has 3 aromatic rings. The van der Waals surface area contributed by atoms with Gasteiger partial charge in [0.05, 0.1) is 11.0 Å². The quantitative estimate of drug-likeness (QED) is 0.266. The number of rotatable bonds is 6. The highest BCUT2D eigenvalue weighted by Gasteiger charge is 2.21. The lowest BCUT2D eigenvalue weighted by Crippen LogP contribution is -2.37. The second kappa shape index (κ2) is 10.4. The van der Waals surface area contributed by atoms with Gasteiger partial charge in [-0.3, -0.25) is 9.79 Å². The molecule has 1 fully saturated rings. The van der Waals surface area contributed by atoms with Crippen LogP contribution in [0.4, 0.5) is 5.69 Å². The summed E-state index contributed by atoms with van der Waals surface area (Å²) in [5, 5.41) is 6.64. The summed E-state index contributed by atoms with van der Waals surface area (Å²) in [5.41, 5.74) is 4.17. The van der Waals surface area contributed by atoms with E-state index < -0.39 is 0 Å². The molecule has 8 heteroatoms. The number of benzene rings is 2. The molecule has 2 heterocycles. The lowest BCUT2D eigenvalue weighted by Gasteiger charge is -2.16. The smallest absolute Gasteiger partial charge is 0.227 e. The number of aromatic nitrogens is 2. The number of halogens is 1. The predicted molar refractivity (Wildman–Crippen MR) is 131 cm³/mol. The largest absolute Gasteiger partial charge is 0.356 e. The molecule has 1 saturated heterocycles. The molecule has 0 atom stereocenters. The van der Waals surface area contributed by atoms with Crippen LogP contribution < -0.4 is 15.5 Å². The Morgan fingerprint density at radius 2 is 1.97 bits per heavy atom. The molecule has 7 nitrogen and oxygen atoms in total. The Bertz CT molecular complexity index is 981. The Balaban J connectivity index is 0.00000256. The number of carbonyl (C=O) groups is 1. The fraction of sp³-hybridized carbons (Fsp3) is 0.318. The molecule has 0 bridgehead atoms. The minimum absolute atomic E-state index is 0. The lowest BCUT2D eigenvalue weighted by molar-refractivity contribution is -0.117. The second-order valence-electron chi connectivity index (χ2n) is 7.12. The van der Waals surface area contributed by atoms with Crippen molar-refractivity contribution in [1.82, 2.24) is 20.6 Å². The van der Waals surface area contributed by atoms with Crippen molar-refractivity contribution in [3.63, 3.8) is 0 Å². The Labute approximate surface area is 193 Å². The molecule has 1 amide bonds. The first kappa shape index (κ1) is 22.1. The van der Waals surface area contributed by atoms with Crippen LogP contribution in [0.2, 0.25) is 0 Å². The van der Waals surface area contributed by atoms with Crippen LogP contribution >= 0.6 is 24.0 Å². The Morgan fingerprint density at radius 1 is 1.17 bits per heavy atom. The van der Waals surface area contributed by atoms with Crippen molar-refractivity contribution in [3.8, 4) is 0 Å². The molecule has 2 aromatic carbocycles. The molecule has 0 radical (unpaired) electrons. The molecule has 0 spiro atoms. The number of hydrogen-bond acceptors (Lipinski definition) is 3. The maximum Gasteiger partial charge on any atom is 0.227 e. The highest BCUT2D eigenvalue weighted by molar-refractivity contribution is 14.0. The zero-order chi connectivity index (χ0) is 20.1. The van der Waals surface area contributed by atoms with Gasteiger partial charge in [-0.25, -0.2) is 4.98 Å². The molecule has 1 aliphatic heterocycles. The number of aliphatic imine (C=N–C) groups is 1. The summed E-state index contributed by atoms with van der Waals surface area (Å²) in [6.07, 6.45) is 2.38. The number of nitrogens with zero attached hydrogens (tertiary/aromatic N) is 3. The van der Waals surface area contributed by atoms with Gasteiger partial charge in [-0.1, -0.05) is 24.3 Å². The number of hydrogen-bond donors (Lipinski definition) is 3. The minimum Gasteiger partial charge on any atom is -0.356 e. The van der Waals surface area contributed by atoms with Gasteiger partial charge in [0.15, 0.2) is 5.96 Å². The number of guanidine groups is 1. The van der Waals surface area contributed by atoms with Crippen molar-refractivity contribution in [2.24, 2.45) is 4.99 Å². The predicted octanol–water partition coefficient (Wildman–Crippen LogP) is 3.22. The van der Waals surface area contributed by atoms with Gasteiger partial charge in [-0.05, 0) is 36.2 Å². The fourth-order valence-electron chi connectivity index (χ4n) is 3.54. The molecule has 0 unspecified atom stereocenters. The number of carbonyl (C=O) groups excluding carboxylic acids is 1. The lowest BCUT2D eigenvalue weighted by atomic mass is 10.2.